The van der Waals surface area contributed by atoms with Gasteiger partial charge < -0.3 is 14.4 Å². The van der Waals surface area contributed by atoms with Crippen molar-refractivity contribution in [1.29, 1.82) is 0 Å². The molecular weight excluding hydrogens is 385 g/mol. The number of ether oxygens (including phenoxy) is 2. The molecule has 5 nitrogen and oxygen atoms in total. The first-order valence-corrected chi connectivity index (χ1v) is 9.97. The predicted octanol–water partition coefficient (Wildman–Crippen LogP) is 4.20. The van der Waals surface area contributed by atoms with Gasteiger partial charge >= 0.3 is 0 Å². The molecule has 0 aliphatic heterocycles. The molecule has 0 spiro atoms. The molecule has 1 saturated carbocycles. The minimum atomic E-state index is -0.913. The SMILES string of the molecule is COc1ccc(CN(C)C(=O)C2(C)C(C)CC(=O)C2c2ccc(F)cc2)c(OC)c1. The molecule has 1 aliphatic rings. The van der Waals surface area contributed by atoms with Crippen molar-refractivity contribution in [1.82, 2.24) is 4.90 Å². The molecule has 0 radical (unpaired) electrons. The number of methoxy groups -OCH3 is 2. The number of carbonyl (C=O) groups excluding carboxylic acids is 2. The van der Waals surface area contributed by atoms with Gasteiger partial charge in [-0.05, 0) is 42.7 Å². The summed E-state index contributed by atoms with van der Waals surface area (Å²) in [4.78, 5) is 28.1. The van der Waals surface area contributed by atoms with E-state index in [4.69, 9.17) is 9.47 Å². The Morgan fingerprint density at radius 3 is 2.43 bits per heavy atom. The van der Waals surface area contributed by atoms with E-state index >= 15 is 0 Å². The van der Waals surface area contributed by atoms with E-state index in [1.807, 2.05) is 26.0 Å². The van der Waals surface area contributed by atoms with Crippen molar-refractivity contribution in [2.75, 3.05) is 21.3 Å². The van der Waals surface area contributed by atoms with E-state index in [1.54, 1.807) is 44.4 Å². The summed E-state index contributed by atoms with van der Waals surface area (Å²) in [6, 6.07) is 11.3. The van der Waals surface area contributed by atoms with E-state index in [-0.39, 0.29) is 23.4 Å². The maximum Gasteiger partial charge on any atom is 0.229 e. The molecule has 3 rings (SSSR count). The Morgan fingerprint density at radius 1 is 1.17 bits per heavy atom. The highest BCUT2D eigenvalue weighted by molar-refractivity contribution is 5.98. The lowest BCUT2D eigenvalue weighted by atomic mass is 9.70. The molecule has 0 N–H and O–H groups in total. The molecule has 3 atom stereocenters. The third-order valence-electron chi connectivity index (χ3n) is 6.37. The maximum absolute atomic E-state index is 13.6. The van der Waals surface area contributed by atoms with Gasteiger partial charge in [0.25, 0.3) is 0 Å². The summed E-state index contributed by atoms with van der Waals surface area (Å²) < 4.78 is 24.1. The van der Waals surface area contributed by atoms with E-state index in [9.17, 15) is 14.0 Å². The molecule has 0 saturated heterocycles. The van der Waals surface area contributed by atoms with Gasteiger partial charge in [-0.15, -0.1) is 0 Å². The first-order valence-electron chi connectivity index (χ1n) is 9.97. The maximum atomic E-state index is 13.6. The number of ketones is 1. The Bertz CT molecular complexity index is 943. The minimum Gasteiger partial charge on any atom is -0.497 e. The van der Waals surface area contributed by atoms with Gasteiger partial charge in [0.2, 0.25) is 5.91 Å². The van der Waals surface area contributed by atoms with Gasteiger partial charge in [0.15, 0.2) is 0 Å². The van der Waals surface area contributed by atoms with Crippen LogP contribution in [0.5, 0.6) is 11.5 Å². The van der Waals surface area contributed by atoms with Crippen LogP contribution in [0, 0.1) is 17.2 Å². The van der Waals surface area contributed by atoms with Gasteiger partial charge in [-0.2, -0.15) is 0 Å². The second-order valence-corrected chi connectivity index (χ2v) is 8.18. The van der Waals surface area contributed by atoms with Crippen molar-refractivity contribution in [2.24, 2.45) is 11.3 Å². The number of hydrogen-bond donors (Lipinski definition) is 0. The van der Waals surface area contributed by atoms with Gasteiger partial charge in [0.05, 0.1) is 25.6 Å². The summed E-state index contributed by atoms with van der Waals surface area (Å²) in [7, 11) is 4.89. The average Bonchev–Trinajstić information content (AvgIpc) is 2.97. The van der Waals surface area contributed by atoms with Gasteiger partial charge in [-0.3, -0.25) is 9.59 Å². The first kappa shape index (κ1) is 21.8. The standard InChI is InChI=1S/C24H28FNO4/c1-15-12-20(27)22(16-6-9-18(25)10-7-16)24(15,2)23(28)26(3)14-17-8-11-19(29-4)13-21(17)30-5/h6-11,13,15,22H,12,14H2,1-5H3. The van der Waals surface area contributed by atoms with Crippen molar-refractivity contribution in [3.63, 3.8) is 0 Å². The van der Waals surface area contributed by atoms with E-state index in [0.29, 0.717) is 30.0 Å². The van der Waals surface area contributed by atoms with Crippen LogP contribution in [0.3, 0.4) is 0 Å². The van der Waals surface area contributed by atoms with E-state index in [2.05, 4.69) is 0 Å². The lowest BCUT2D eigenvalue weighted by Gasteiger charge is -2.37. The van der Waals surface area contributed by atoms with E-state index in [1.165, 1.54) is 12.1 Å². The van der Waals surface area contributed by atoms with Crippen molar-refractivity contribution in [3.05, 3.63) is 59.4 Å². The van der Waals surface area contributed by atoms with Gasteiger partial charge in [0, 0.05) is 31.6 Å². The summed E-state index contributed by atoms with van der Waals surface area (Å²) in [5.41, 5.74) is 0.605. The zero-order valence-corrected chi connectivity index (χ0v) is 18.1. The van der Waals surface area contributed by atoms with Crippen molar-refractivity contribution in [3.8, 4) is 11.5 Å². The lowest BCUT2D eigenvalue weighted by Crippen LogP contribution is -2.45. The number of halogens is 1. The van der Waals surface area contributed by atoms with Crippen LogP contribution in [0.1, 0.15) is 37.3 Å². The second kappa shape index (κ2) is 8.46. The molecule has 3 unspecified atom stereocenters. The topological polar surface area (TPSA) is 55.8 Å². The Balaban J connectivity index is 1.91. The number of amides is 1. The number of rotatable bonds is 6. The van der Waals surface area contributed by atoms with Crippen LogP contribution in [0.2, 0.25) is 0 Å². The Kier molecular flexibility index (Phi) is 6.15. The van der Waals surface area contributed by atoms with E-state index < -0.39 is 11.3 Å². The molecule has 0 heterocycles. The summed E-state index contributed by atoms with van der Waals surface area (Å²) in [6.07, 6.45) is 0.323. The fourth-order valence-corrected chi connectivity index (χ4v) is 4.49. The van der Waals surface area contributed by atoms with Crippen LogP contribution in [-0.4, -0.2) is 37.9 Å². The van der Waals surface area contributed by atoms with Crippen LogP contribution >= 0.6 is 0 Å². The molecule has 30 heavy (non-hydrogen) atoms. The summed E-state index contributed by atoms with van der Waals surface area (Å²) in [6.45, 7) is 4.11. The largest absolute Gasteiger partial charge is 0.497 e. The van der Waals surface area contributed by atoms with Crippen LogP contribution in [-0.2, 0) is 16.1 Å². The highest BCUT2D eigenvalue weighted by Crippen LogP contribution is 2.52. The van der Waals surface area contributed by atoms with Crippen LogP contribution in [0.4, 0.5) is 4.39 Å². The molecule has 6 heteroatoms. The quantitative estimate of drug-likeness (QED) is 0.712. The van der Waals surface area contributed by atoms with Gasteiger partial charge in [0.1, 0.15) is 23.1 Å². The van der Waals surface area contributed by atoms with Crippen LogP contribution in [0.15, 0.2) is 42.5 Å². The molecule has 2 aromatic carbocycles. The fourth-order valence-electron chi connectivity index (χ4n) is 4.49. The molecule has 0 aromatic heterocycles. The molecule has 160 valence electrons. The normalized spacial score (nSPS) is 23.3. The zero-order valence-electron chi connectivity index (χ0n) is 18.1. The van der Waals surface area contributed by atoms with Crippen molar-refractivity contribution >= 4 is 11.7 Å². The Morgan fingerprint density at radius 2 is 1.83 bits per heavy atom. The lowest BCUT2D eigenvalue weighted by molar-refractivity contribution is -0.144. The number of benzene rings is 2. The monoisotopic (exact) mass is 413 g/mol. The summed E-state index contributed by atoms with van der Waals surface area (Å²) in [5.74, 6) is 0.101. The molecular formula is C24H28FNO4. The smallest absolute Gasteiger partial charge is 0.229 e. The summed E-state index contributed by atoms with van der Waals surface area (Å²) >= 11 is 0. The highest BCUT2D eigenvalue weighted by atomic mass is 19.1. The van der Waals surface area contributed by atoms with Gasteiger partial charge in [-0.25, -0.2) is 4.39 Å². The predicted molar refractivity (Wildman–Crippen MR) is 112 cm³/mol. The number of nitrogens with zero attached hydrogens (tertiary/aromatic N) is 1. The molecule has 1 aliphatic carbocycles. The Hall–Kier alpha value is -2.89. The van der Waals surface area contributed by atoms with Gasteiger partial charge in [-0.1, -0.05) is 19.1 Å². The summed E-state index contributed by atoms with van der Waals surface area (Å²) in [5, 5.41) is 0. The third kappa shape index (κ3) is 3.78. The second-order valence-electron chi connectivity index (χ2n) is 8.18. The molecule has 2 aromatic rings. The van der Waals surface area contributed by atoms with Crippen molar-refractivity contribution in [2.45, 2.75) is 32.7 Å². The number of carbonyl (C=O) groups is 2. The molecule has 0 bridgehead atoms. The Labute approximate surface area is 176 Å². The number of hydrogen-bond acceptors (Lipinski definition) is 4. The fraction of sp³-hybridized carbons (Fsp3) is 0.417. The average molecular weight is 413 g/mol. The number of Topliss-reactive ketones (excluding diaryl/α,β-unsaturated/α-hetero) is 1. The third-order valence-corrected chi connectivity index (χ3v) is 6.37. The molecule has 1 fully saturated rings. The zero-order chi connectivity index (χ0) is 22.1. The van der Waals surface area contributed by atoms with Crippen molar-refractivity contribution < 1.29 is 23.5 Å². The van der Waals surface area contributed by atoms with Crippen LogP contribution < -0.4 is 9.47 Å². The minimum absolute atomic E-state index is 0.0142. The molecule has 1 amide bonds. The highest BCUT2D eigenvalue weighted by Gasteiger charge is 2.55. The first-order chi connectivity index (χ1) is 14.2. The van der Waals surface area contributed by atoms with Crippen LogP contribution in [0.25, 0.3) is 0 Å². The van der Waals surface area contributed by atoms with E-state index in [0.717, 1.165) is 5.56 Å².